The van der Waals surface area contributed by atoms with Gasteiger partial charge in [0.1, 0.15) is 5.41 Å². The SMILES string of the molecule is Cc1ccc(NC(=O)C(C)(C)C(=O)Nc2ccc(C)cc2)cc1. The van der Waals surface area contributed by atoms with Gasteiger partial charge >= 0.3 is 0 Å². The molecule has 0 bridgehead atoms. The van der Waals surface area contributed by atoms with Crippen LogP contribution in [-0.2, 0) is 9.59 Å². The first-order chi connectivity index (χ1) is 10.8. The predicted octanol–water partition coefficient (Wildman–Crippen LogP) is 3.91. The van der Waals surface area contributed by atoms with Gasteiger partial charge in [0, 0.05) is 11.4 Å². The van der Waals surface area contributed by atoms with Crippen molar-refractivity contribution in [3.05, 3.63) is 59.7 Å². The summed E-state index contributed by atoms with van der Waals surface area (Å²) in [7, 11) is 0. The molecule has 0 spiro atoms. The van der Waals surface area contributed by atoms with Crippen LogP contribution in [0.3, 0.4) is 0 Å². The van der Waals surface area contributed by atoms with Crippen LogP contribution in [0.25, 0.3) is 0 Å². The number of amides is 2. The third kappa shape index (κ3) is 4.19. The molecule has 2 amide bonds. The number of hydrogen-bond acceptors (Lipinski definition) is 2. The minimum atomic E-state index is -1.18. The normalized spacial score (nSPS) is 11.0. The average molecular weight is 310 g/mol. The second-order valence-electron chi connectivity index (χ2n) is 6.27. The smallest absolute Gasteiger partial charge is 0.239 e. The fraction of sp³-hybridized carbons (Fsp3) is 0.263. The topological polar surface area (TPSA) is 58.2 Å². The molecule has 0 aromatic heterocycles. The lowest BCUT2D eigenvalue weighted by Crippen LogP contribution is -2.41. The van der Waals surface area contributed by atoms with E-state index in [1.54, 1.807) is 13.8 Å². The maximum atomic E-state index is 12.4. The van der Waals surface area contributed by atoms with Gasteiger partial charge in [0.05, 0.1) is 0 Å². The molecule has 0 saturated carbocycles. The van der Waals surface area contributed by atoms with Crippen LogP contribution in [0.4, 0.5) is 11.4 Å². The van der Waals surface area contributed by atoms with Gasteiger partial charge in [-0.05, 0) is 52.0 Å². The Balaban J connectivity index is 2.06. The highest BCUT2D eigenvalue weighted by Crippen LogP contribution is 2.22. The number of hydrogen-bond donors (Lipinski definition) is 2. The van der Waals surface area contributed by atoms with E-state index in [0.29, 0.717) is 11.4 Å². The van der Waals surface area contributed by atoms with Gasteiger partial charge in [0.15, 0.2) is 0 Å². The molecule has 0 unspecified atom stereocenters. The van der Waals surface area contributed by atoms with Crippen LogP contribution < -0.4 is 10.6 Å². The zero-order valence-corrected chi connectivity index (χ0v) is 13.9. The summed E-state index contributed by atoms with van der Waals surface area (Å²) < 4.78 is 0. The molecule has 0 radical (unpaired) electrons. The fourth-order valence-corrected chi connectivity index (χ4v) is 1.95. The maximum absolute atomic E-state index is 12.4. The van der Waals surface area contributed by atoms with E-state index in [9.17, 15) is 9.59 Å². The van der Waals surface area contributed by atoms with Crippen molar-refractivity contribution >= 4 is 23.2 Å². The van der Waals surface area contributed by atoms with Crippen molar-refractivity contribution in [2.75, 3.05) is 10.6 Å². The Kier molecular flexibility index (Phi) is 4.84. The zero-order chi connectivity index (χ0) is 17.0. The Bertz CT molecular complexity index is 640. The van der Waals surface area contributed by atoms with Crippen LogP contribution in [0.15, 0.2) is 48.5 Å². The van der Waals surface area contributed by atoms with Crippen molar-refractivity contribution < 1.29 is 9.59 Å². The molecule has 2 aromatic carbocycles. The number of aryl methyl sites for hydroxylation is 2. The molecule has 23 heavy (non-hydrogen) atoms. The van der Waals surface area contributed by atoms with E-state index in [2.05, 4.69) is 10.6 Å². The van der Waals surface area contributed by atoms with E-state index in [-0.39, 0.29) is 11.8 Å². The van der Waals surface area contributed by atoms with Gasteiger partial charge in [-0.25, -0.2) is 0 Å². The van der Waals surface area contributed by atoms with Crippen molar-refractivity contribution in [2.45, 2.75) is 27.7 Å². The Morgan fingerprint density at radius 2 is 1.00 bits per heavy atom. The average Bonchev–Trinajstić information content (AvgIpc) is 2.51. The van der Waals surface area contributed by atoms with Crippen LogP contribution >= 0.6 is 0 Å². The molecule has 0 aliphatic heterocycles. The van der Waals surface area contributed by atoms with E-state index in [0.717, 1.165) is 11.1 Å². The second-order valence-corrected chi connectivity index (χ2v) is 6.27. The quantitative estimate of drug-likeness (QED) is 0.841. The molecular formula is C19H22N2O2. The summed E-state index contributed by atoms with van der Waals surface area (Å²) in [6.45, 7) is 7.18. The van der Waals surface area contributed by atoms with Crippen LogP contribution in [0.2, 0.25) is 0 Å². The first-order valence-corrected chi connectivity index (χ1v) is 7.55. The largest absolute Gasteiger partial charge is 0.325 e. The van der Waals surface area contributed by atoms with Crippen molar-refractivity contribution in [1.29, 1.82) is 0 Å². The molecular weight excluding hydrogens is 288 g/mol. The molecule has 0 aliphatic rings. The molecule has 0 heterocycles. The first-order valence-electron chi connectivity index (χ1n) is 7.55. The van der Waals surface area contributed by atoms with Gasteiger partial charge in [-0.15, -0.1) is 0 Å². The summed E-state index contributed by atoms with van der Waals surface area (Å²) >= 11 is 0. The van der Waals surface area contributed by atoms with Crippen LogP contribution in [0, 0.1) is 19.3 Å². The Hall–Kier alpha value is -2.62. The lowest BCUT2D eigenvalue weighted by Gasteiger charge is -2.22. The summed E-state index contributed by atoms with van der Waals surface area (Å²) in [6, 6.07) is 14.9. The van der Waals surface area contributed by atoms with E-state index < -0.39 is 5.41 Å². The Labute approximate surface area is 136 Å². The third-order valence-electron chi connectivity index (χ3n) is 3.75. The lowest BCUT2D eigenvalue weighted by atomic mass is 9.90. The molecule has 0 atom stereocenters. The molecule has 0 fully saturated rings. The molecule has 4 nitrogen and oxygen atoms in total. The van der Waals surface area contributed by atoms with Gasteiger partial charge in [0.2, 0.25) is 11.8 Å². The van der Waals surface area contributed by atoms with Gasteiger partial charge in [-0.3, -0.25) is 9.59 Å². The highest BCUT2D eigenvalue weighted by Gasteiger charge is 2.36. The minimum Gasteiger partial charge on any atom is -0.325 e. The van der Waals surface area contributed by atoms with Gasteiger partial charge < -0.3 is 10.6 Å². The molecule has 120 valence electrons. The summed E-state index contributed by atoms with van der Waals surface area (Å²) in [5, 5.41) is 5.57. The number of anilines is 2. The highest BCUT2D eigenvalue weighted by atomic mass is 16.2. The molecule has 2 rings (SSSR count). The molecule has 2 N–H and O–H groups in total. The van der Waals surface area contributed by atoms with E-state index in [4.69, 9.17) is 0 Å². The highest BCUT2D eigenvalue weighted by molar-refractivity contribution is 6.13. The first kappa shape index (κ1) is 16.7. The van der Waals surface area contributed by atoms with Crippen LogP contribution in [-0.4, -0.2) is 11.8 Å². The second kappa shape index (κ2) is 6.65. The van der Waals surface area contributed by atoms with Crippen molar-refractivity contribution in [3.8, 4) is 0 Å². The minimum absolute atomic E-state index is 0.342. The summed E-state index contributed by atoms with van der Waals surface area (Å²) in [5.41, 5.74) is 2.39. The molecule has 2 aromatic rings. The lowest BCUT2D eigenvalue weighted by molar-refractivity contribution is -0.135. The number of nitrogens with one attached hydrogen (secondary N) is 2. The third-order valence-corrected chi connectivity index (χ3v) is 3.75. The van der Waals surface area contributed by atoms with Crippen molar-refractivity contribution in [2.24, 2.45) is 5.41 Å². The number of rotatable bonds is 4. The van der Waals surface area contributed by atoms with E-state index >= 15 is 0 Å². The monoisotopic (exact) mass is 310 g/mol. The van der Waals surface area contributed by atoms with E-state index in [1.807, 2.05) is 62.4 Å². The fourth-order valence-electron chi connectivity index (χ4n) is 1.95. The summed E-state index contributed by atoms with van der Waals surface area (Å²) in [4.78, 5) is 24.9. The molecule has 0 saturated heterocycles. The van der Waals surface area contributed by atoms with Crippen LogP contribution in [0.5, 0.6) is 0 Å². The standard InChI is InChI=1S/C19H22N2O2/c1-13-5-9-15(10-6-13)20-17(22)19(3,4)18(23)21-16-11-7-14(2)8-12-16/h5-12H,1-4H3,(H,20,22)(H,21,23). The molecule has 4 heteroatoms. The number of carbonyl (C=O) groups is 2. The number of benzene rings is 2. The Morgan fingerprint density at radius 3 is 1.30 bits per heavy atom. The summed E-state index contributed by atoms with van der Waals surface area (Å²) in [5.74, 6) is -0.683. The Morgan fingerprint density at radius 1 is 0.696 bits per heavy atom. The van der Waals surface area contributed by atoms with Crippen LogP contribution in [0.1, 0.15) is 25.0 Å². The van der Waals surface area contributed by atoms with Gasteiger partial charge in [0.25, 0.3) is 0 Å². The van der Waals surface area contributed by atoms with Crippen molar-refractivity contribution in [1.82, 2.24) is 0 Å². The summed E-state index contributed by atoms with van der Waals surface area (Å²) in [6.07, 6.45) is 0. The predicted molar refractivity (Wildman–Crippen MR) is 93.4 cm³/mol. The van der Waals surface area contributed by atoms with Crippen molar-refractivity contribution in [3.63, 3.8) is 0 Å². The van der Waals surface area contributed by atoms with Gasteiger partial charge in [-0.2, -0.15) is 0 Å². The molecule has 0 aliphatic carbocycles. The number of carbonyl (C=O) groups excluding carboxylic acids is 2. The maximum Gasteiger partial charge on any atom is 0.239 e. The van der Waals surface area contributed by atoms with Gasteiger partial charge in [-0.1, -0.05) is 35.4 Å². The zero-order valence-electron chi connectivity index (χ0n) is 13.9. The van der Waals surface area contributed by atoms with E-state index in [1.165, 1.54) is 0 Å².